The Hall–Kier alpha value is -1.72. The minimum absolute atomic E-state index is 0.139. The molecule has 2 unspecified atom stereocenters. The Morgan fingerprint density at radius 1 is 1.33 bits per heavy atom. The molecule has 0 aliphatic rings. The molecule has 0 saturated heterocycles. The number of nitrogens with one attached hydrogen (secondary N) is 1. The zero-order valence-electron chi connectivity index (χ0n) is 11.7. The van der Waals surface area contributed by atoms with Gasteiger partial charge in [-0.25, -0.2) is 4.98 Å². The molecule has 2 N–H and O–H groups in total. The van der Waals surface area contributed by atoms with Crippen molar-refractivity contribution in [2.24, 2.45) is 0 Å². The zero-order valence-corrected chi connectivity index (χ0v) is 13.2. The van der Waals surface area contributed by atoms with Gasteiger partial charge < -0.3 is 10.4 Å². The van der Waals surface area contributed by atoms with Crippen molar-refractivity contribution in [3.8, 4) is 0 Å². The Labute approximate surface area is 132 Å². The van der Waals surface area contributed by atoms with E-state index in [2.05, 4.69) is 26.2 Å². The zero-order chi connectivity index (χ0) is 15.2. The van der Waals surface area contributed by atoms with Crippen molar-refractivity contribution in [2.75, 3.05) is 0 Å². The second-order valence-corrected chi connectivity index (χ2v) is 5.72. The van der Waals surface area contributed by atoms with E-state index in [1.807, 2.05) is 37.3 Å². The minimum Gasteiger partial charge on any atom is -0.388 e. The first-order chi connectivity index (χ1) is 10.1. The maximum Gasteiger partial charge on any atom is 0.251 e. The molecule has 2 rings (SSSR count). The van der Waals surface area contributed by atoms with E-state index in [-0.39, 0.29) is 11.9 Å². The van der Waals surface area contributed by atoms with Gasteiger partial charge in [-0.1, -0.05) is 30.3 Å². The van der Waals surface area contributed by atoms with Gasteiger partial charge in [0, 0.05) is 17.8 Å². The summed E-state index contributed by atoms with van der Waals surface area (Å²) in [6, 6.07) is 12.6. The number of nitrogens with zero attached hydrogens (tertiary/aromatic N) is 1. The molecule has 1 aromatic heterocycles. The number of carbonyl (C=O) groups excluding carboxylic acids is 1. The molecule has 5 heteroatoms. The summed E-state index contributed by atoms with van der Waals surface area (Å²) in [6.07, 6.45) is 1.44. The number of hydrogen-bond acceptors (Lipinski definition) is 3. The molecule has 0 fully saturated rings. The van der Waals surface area contributed by atoms with Crippen molar-refractivity contribution in [3.05, 3.63) is 64.4 Å². The first kappa shape index (κ1) is 15.7. The van der Waals surface area contributed by atoms with Gasteiger partial charge in [0.1, 0.15) is 4.60 Å². The largest absolute Gasteiger partial charge is 0.388 e. The molecule has 1 aromatic carbocycles. The van der Waals surface area contributed by atoms with Crippen LogP contribution >= 0.6 is 15.9 Å². The smallest absolute Gasteiger partial charge is 0.251 e. The highest BCUT2D eigenvalue weighted by molar-refractivity contribution is 9.10. The summed E-state index contributed by atoms with van der Waals surface area (Å²) in [6.45, 7) is 1.88. The molecule has 21 heavy (non-hydrogen) atoms. The fraction of sp³-hybridized carbons (Fsp3) is 0.250. The Kier molecular flexibility index (Phi) is 5.47. The summed E-state index contributed by atoms with van der Waals surface area (Å²) < 4.78 is 0.618. The number of aromatic nitrogens is 1. The van der Waals surface area contributed by atoms with E-state index < -0.39 is 6.10 Å². The minimum atomic E-state index is -0.592. The van der Waals surface area contributed by atoms with Crippen LogP contribution < -0.4 is 5.32 Å². The lowest BCUT2D eigenvalue weighted by molar-refractivity contribution is 0.0917. The van der Waals surface area contributed by atoms with Gasteiger partial charge in [-0.3, -0.25) is 4.79 Å². The average molecular weight is 349 g/mol. The van der Waals surface area contributed by atoms with Gasteiger partial charge in [-0.05, 0) is 47.0 Å². The Balaban J connectivity index is 1.92. The monoisotopic (exact) mass is 348 g/mol. The molecular weight excluding hydrogens is 332 g/mol. The van der Waals surface area contributed by atoms with Crippen LogP contribution in [0.3, 0.4) is 0 Å². The molecule has 0 aliphatic heterocycles. The third-order valence-electron chi connectivity index (χ3n) is 3.13. The SMILES string of the molecule is CC(CC(O)c1ccccc1)NC(=O)c1ccnc(Br)c1. The maximum atomic E-state index is 12.1. The van der Waals surface area contributed by atoms with Gasteiger partial charge >= 0.3 is 0 Å². The van der Waals surface area contributed by atoms with Crippen molar-refractivity contribution in [1.82, 2.24) is 10.3 Å². The van der Waals surface area contributed by atoms with Crippen LogP contribution in [-0.2, 0) is 0 Å². The third-order valence-corrected chi connectivity index (χ3v) is 3.56. The normalized spacial score (nSPS) is 13.5. The van der Waals surface area contributed by atoms with E-state index in [1.165, 1.54) is 0 Å². The highest BCUT2D eigenvalue weighted by Crippen LogP contribution is 2.18. The number of carbonyl (C=O) groups is 1. The van der Waals surface area contributed by atoms with Gasteiger partial charge in [0.15, 0.2) is 0 Å². The summed E-state index contributed by atoms with van der Waals surface area (Å²) in [5.74, 6) is -0.175. The lowest BCUT2D eigenvalue weighted by Crippen LogP contribution is -2.33. The van der Waals surface area contributed by atoms with Crippen LogP contribution in [0.15, 0.2) is 53.3 Å². The van der Waals surface area contributed by atoms with Gasteiger partial charge in [-0.2, -0.15) is 0 Å². The molecule has 0 aliphatic carbocycles. The van der Waals surface area contributed by atoms with Crippen molar-refractivity contribution < 1.29 is 9.90 Å². The summed E-state index contributed by atoms with van der Waals surface area (Å²) >= 11 is 3.24. The van der Waals surface area contributed by atoms with Gasteiger partial charge in [0.25, 0.3) is 5.91 Å². The van der Waals surface area contributed by atoms with Crippen LogP contribution in [0.4, 0.5) is 0 Å². The second-order valence-electron chi connectivity index (χ2n) is 4.90. The molecular formula is C16H17BrN2O2. The van der Waals surface area contributed by atoms with Crippen LogP contribution in [0.1, 0.15) is 35.4 Å². The fourth-order valence-corrected chi connectivity index (χ4v) is 2.42. The molecule has 4 nitrogen and oxygen atoms in total. The van der Waals surface area contributed by atoms with Crippen LogP contribution in [0.5, 0.6) is 0 Å². The number of aliphatic hydroxyl groups excluding tert-OH is 1. The summed E-state index contributed by atoms with van der Waals surface area (Å²) in [5, 5.41) is 13.0. The molecule has 110 valence electrons. The number of hydrogen-bond donors (Lipinski definition) is 2. The predicted molar refractivity (Wildman–Crippen MR) is 84.9 cm³/mol. The molecule has 1 heterocycles. The summed E-state index contributed by atoms with van der Waals surface area (Å²) in [5.41, 5.74) is 1.39. The fourth-order valence-electron chi connectivity index (χ4n) is 2.06. The highest BCUT2D eigenvalue weighted by atomic mass is 79.9. The van der Waals surface area contributed by atoms with Crippen molar-refractivity contribution in [1.29, 1.82) is 0 Å². The van der Waals surface area contributed by atoms with E-state index in [4.69, 9.17) is 0 Å². The standard InChI is InChI=1S/C16H17BrN2O2/c1-11(9-14(20)12-5-3-2-4-6-12)19-16(21)13-7-8-18-15(17)10-13/h2-8,10-11,14,20H,9H2,1H3,(H,19,21). The summed E-state index contributed by atoms with van der Waals surface area (Å²) in [7, 11) is 0. The van der Waals surface area contributed by atoms with Crippen molar-refractivity contribution >= 4 is 21.8 Å². The number of amides is 1. The lowest BCUT2D eigenvalue weighted by Gasteiger charge is -2.18. The van der Waals surface area contributed by atoms with Gasteiger partial charge in [-0.15, -0.1) is 0 Å². The van der Waals surface area contributed by atoms with Crippen LogP contribution in [0, 0.1) is 0 Å². The van der Waals surface area contributed by atoms with Crippen molar-refractivity contribution in [2.45, 2.75) is 25.5 Å². The van der Waals surface area contributed by atoms with Crippen LogP contribution in [0.2, 0.25) is 0 Å². The second kappa shape index (κ2) is 7.33. The van der Waals surface area contributed by atoms with Crippen molar-refractivity contribution in [3.63, 3.8) is 0 Å². The number of benzene rings is 1. The van der Waals surface area contributed by atoms with Gasteiger partial charge in [0.2, 0.25) is 0 Å². The molecule has 2 atom stereocenters. The molecule has 0 spiro atoms. The molecule has 1 amide bonds. The number of halogens is 1. The third kappa shape index (κ3) is 4.65. The van der Waals surface area contributed by atoms with Crippen LogP contribution in [-0.4, -0.2) is 22.0 Å². The first-order valence-electron chi connectivity index (χ1n) is 6.71. The topological polar surface area (TPSA) is 62.2 Å². The van der Waals surface area contributed by atoms with E-state index in [0.717, 1.165) is 5.56 Å². The van der Waals surface area contributed by atoms with Gasteiger partial charge in [0.05, 0.1) is 6.10 Å². The van der Waals surface area contributed by atoms with E-state index >= 15 is 0 Å². The lowest BCUT2D eigenvalue weighted by atomic mass is 10.0. The molecule has 2 aromatic rings. The molecule has 0 radical (unpaired) electrons. The number of aliphatic hydroxyl groups is 1. The highest BCUT2D eigenvalue weighted by Gasteiger charge is 2.15. The summed E-state index contributed by atoms with van der Waals surface area (Å²) in [4.78, 5) is 16.1. The maximum absolute atomic E-state index is 12.1. The van der Waals surface area contributed by atoms with Crippen LogP contribution in [0.25, 0.3) is 0 Å². The Morgan fingerprint density at radius 2 is 2.05 bits per heavy atom. The Bertz CT molecular complexity index is 604. The number of rotatable bonds is 5. The number of pyridine rings is 1. The Morgan fingerprint density at radius 3 is 2.71 bits per heavy atom. The molecule has 0 saturated carbocycles. The van der Waals surface area contributed by atoms with E-state index in [1.54, 1.807) is 18.3 Å². The quantitative estimate of drug-likeness (QED) is 0.816. The predicted octanol–water partition coefficient (Wildman–Crippen LogP) is 3.09. The van der Waals surface area contributed by atoms with E-state index in [0.29, 0.717) is 16.6 Å². The average Bonchev–Trinajstić information content (AvgIpc) is 2.48. The molecule has 0 bridgehead atoms. The first-order valence-corrected chi connectivity index (χ1v) is 7.51. The van der Waals surface area contributed by atoms with E-state index in [9.17, 15) is 9.90 Å².